The molecule has 0 N–H and O–H groups in total. The van der Waals surface area contributed by atoms with Gasteiger partial charge >= 0.3 is 0 Å². The lowest BCUT2D eigenvalue weighted by atomic mass is 10.3. The van der Waals surface area contributed by atoms with Crippen molar-refractivity contribution >= 4 is 12.8 Å². The van der Waals surface area contributed by atoms with Gasteiger partial charge in [-0.1, -0.05) is 12.8 Å². The minimum absolute atomic E-state index is 1.04. The molecule has 0 spiro atoms. The quantitative estimate of drug-likeness (QED) is 0.517. The van der Waals surface area contributed by atoms with Crippen LogP contribution in [0.2, 0.25) is 0 Å². The molecular weight excluding hydrogens is 320 g/mol. The van der Waals surface area contributed by atoms with E-state index >= 15 is 0 Å². The van der Waals surface area contributed by atoms with Crippen molar-refractivity contribution in [2.45, 2.75) is 19.3 Å². The Kier molecular flexibility index (Phi) is 11.5. The molecule has 0 atom stereocenters. The lowest BCUT2D eigenvalue weighted by molar-refractivity contribution is -0.0317. The van der Waals surface area contributed by atoms with Gasteiger partial charge in [0.2, 0.25) is 0 Å². The molecule has 1 heterocycles. The van der Waals surface area contributed by atoms with Gasteiger partial charge in [0.05, 0.1) is 20.0 Å². The van der Waals surface area contributed by atoms with Crippen molar-refractivity contribution in [2.75, 3.05) is 94.5 Å². The van der Waals surface area contributed by atoms with Crippen LogP contribution < -0.4 is 0 Å². The predicted octanol–water partition coefficient (Wildman–Crippen LogP) is 0.849. The molecule has 0 saturated carbocycles. The van der Waals surface area contributed by atoms with Crippen LogP contribution in [0.1, 0.15) is 19.3 Å². The summed E-state index contributed by atoms with van der Waals surface area (Å²) in [6, 6.07) is 0. The van der Waals surface area contributed by atoms with Gasteiger partial charge in [0.1, 0.15) is 0 Å². The molecule has 0 aromatic carbocycles. The van der Waals surface area contributed by atoms with Crippen molar-refractivity contribution in [1.82, 2.24) is 28.8 Å². The monoisotopic (exact) mass is 360 g/mol. The molecule has 0 aliphatic carbocycles. The van der Waals surface area contributed by atoms with Crippen molar-refractivity contribution in [1.29, 1.82) is 0 Å². The lowest BCUT2D eigenvalue weighted by Gasteiger charge is -2.42. The van der Waals surface area contributed by atoms with Crippen molar-refractivity contribution in [3.8, 4) is 0 Å². The first kappa shape index (κ1) is 22.2. The third kappa shape index (κ3) is 10.9. The summed E-state index contributed by atoms with van der Waals surface area (Å²) in [5.74, 6) is 0. The first-order chi connectivity index (χ1) is 11.4. The predicted molar refractivity (Wildman–Crippen MR) is 107 cm³/mol. The second kappa shape index (κ2) is 12.5. The first-order valence-corrected chi connectivity index (χ1v) is 9.63. The highest BCUT2D eigenvalue weighted by Crippen LogP contribution is 2.10. The molecule has 0 amide bonds. The van der Waals surface area contributed by atoms with Crippen LogP contribution in [0.15, 0.2) is 0 Å². The van der Waals surface area contributed by atoms with E-state index in [0.717, 1.165) is 33.1 Å². The van der Waals surface area contributed by atoms with Crippen molar-refractivity contribution in [3.05, 3.63) is 0 Å². The van der Waals surface area contributed by atoms with Crippen LogP contribution in [0.4, 0.5) is 0 Å². The minimum Gasteiger partial charge on any atom is -0.309 e. The Balaban J connectivity index is 2.41. The Morgan fingerprint density at radius 1 is 0.625 bits per heavy atom. The van der Waals surface area contributed by atoms with Crippen LogP contribution in [0.5, 0.6) is 0 Å². The molecular formula is C17H40N6S. The number of hydrogen-bond donors (Lipinski definition) is 1. The summed E-state index contributed by atoms with van der Waals surface area (Å²) in [5.41, 5.74) is 0. The number of nitrogens with zero attached hydrogens (tertiary/aromatic N) is 6. The summed E-state index contributed by atoms with van der Waals surface area (Å²) in [7, 11) is 10.7. The zero-order valence-electron chi connectivity index (χ0n) is 16.6. The fourth-order valence-corrected chi connectivity index (χ4v) is 3.29. The molecule has 1 aliphatic rings. The summed E-state index contributed by atoms with van der Waals surface area (Å²) in [4.78, 5) is 12.4. The molecule has 0 radical (unpaired) electrons. The molecule has 7 heteroatoms. The maximum Gasteiger partial charge on any atom is 0.0530 e. The Morgan fingerprint density at radius 2 is 0.958 bits per heavy atom. The van der Waals surface area contributed by atoms with Gasteiger partial charge in [0.25, 0.3) is 0 Å². The van der Waals surface area contributed by atoms with Gasteiger partial charge in [-0.25, -0.2) is 0 Å². The molecule has 0 aromatic heterocycles. The van der Waals surface area contributed by atoms with Crippen LogP contribution in [0, 0.1) is 0 Å². The van der Waals surface area contributed by atoms with E-state index in [9.17, 15) is 0 Å². The highest BCUT2D eigenvalue weighted by atomic mass is 32.1. The molecule has 1 aliphatic heterocycles. The second-order valence-corrected chi connectivity index (χ2v) is 8.34. The highest BCUT2D eigenvalue weighted by Gasteiger charge is 2.22. The minimum atomic E-state index is 1.04. The summed E-state index contributed by atoms with van der Waals surface area (Å²) in [6.07, 6.45) is 3.66. The Labute approximate surface area is 155 Å². The van der Waals surface area contributed by atoms with Gasteiger partial charge in [-0.2, -0.15) is 0 Å². The van der Waals surface area contributed by atoms with Crippen molar-refractivity contribution in [3.63, 3.8) is 0 Å². The summed E-state index contributed by atoms with van der Waals surface area (Å²) >= 11 is 4.35. The van der Waals surface area contributed by atoms with Gasteiger partial charge in [0, 0.05) is 26.2 Å². The van der Waals surface area contributed by atoms with Crippen LogP contribution in [0.25, 0.3) is 0 Å². The summed E-state index contributed by atoms with van der Waals surface area (Å²) in [6.45, 7) is 10.2. The van der Waals surface area contributed by atoms with Crippen LogP contribution in [-0.2, 0) is 0 Å². The number of thiol groups is 1. The normalized spacial score (nSPS) is 18.4. The molecule has 0 aromatic rings. The third-order valence-electron chi connectivity index (χ3n) is 4.32. The topological polar surface area (TPSA) is 19.4 Å². The molecule has 24 heavy (non-hydrogen) atoms. The molecule has 1 fully saturated rings. The molecule has 1 rings (SSSR count). The van der Waals surface area contributed by atoms with E-state index in [0.29, 0.717) is 0 Å². The third-order valence-corrected chi connectivity index (χ3v) is 4.52. The number of hydrogen-bond acceptors (Lipinski definition) is 7. The summed E-state index contributed by atoms with van der Waals surface area (Å²) in [5, 5.41) is 0. The SMILES string of the molecule is CN(C)CCCN1CN(CCCN(C)C)CN(CCCN(C)S)C1. The smallest absolute Gasteiger partial charge is 0.0530 e. The van der Waals surface area contributed by atoms with Crippen LogP contribution in [-0.4, -0.2) is 123 Å². The van der Waals surface area contributed by atoms with E-state index in [-0.39, 0.29) is 0 Å². The Hall–Kier alpha value is 0.110. The molecule has 0 bridgehead atoms. The van der Waals surface area contributed by atoms with Gasteiger partial charge < -0.3 is 9.80 Å². The highest BCUT2D eigenvalue weighted by molar-refractivity contribution is 7.77. The average Bonchev–Trinajstić information content (AvgIpc) is 2.46. The second-order valence-electron chi connectivity index (χ2n) is 7.66. The van der Waals surface area contributed by atoms with E-state index in [4.69, 9.17) is 0 Å². The Morgan fingerprint density at radius 3 is 1.25 bits per heavy atom. The fourth-order valence-electron chi connectivity index (χ4n) is 3.15. The maximum absolute atomic E-state index is 4.35. The van der Waals surface area contributed by atoms with E-state index in [1.54, 1.807) is 0 Å². The molecule has 0 unspecified atom stereocenters. The van der Waals surface area contributed by atoms with Gasteiger partial charge in [-0.05, 0) is 67.6 Å². The summed E-state index contributed by atoms with van der Waals surface area (Å²) < 4.78 is 1.98. The van der Waals surface area contributed by atoms with Gasteiger partial charge in [-0.3, -0.25) is 19.0 Å². The first-order valence-electron chi connectivity index (χ1n) is 9.23. The van der Waals surface area contributed by atoms with Crippen LogP contribution >= 0.6 is 12.8 Å². The number of rotatable bonds is 12. The van der Waals surface area contributed by atoms with E-state index < -0.39 is 0 Å². The van der Waals surface area contributed by atoms with E-state index in [1.807, 2.05) is 11.4 Å². The molecule has 144 valence electrons. The standard InChI is InChI=1S/C17H40N6S/c1-18(2)9-6-12-21-15-22(13-7-10-19(3)4)17-23(16-21)14-8-11-20(5)24/h24H,6-17H2,1-5H3. The lowest BCUT2D eigenvalue weighted by Crippen LogP contribution is -2.55. The van der Waals surface area contributed by atoms with Crippen molar-refractivity contribution in [2.24, 2.45) is 0 Å². The molecule has 1 saturated heterocycles. The zero-order chi connectivity index (χ0) is 17.9. The largest absolute Gasteiger partial charge is 0.309 e. The fraction of sp³-hybridized carbons (Fsp3) is 1.00. The zero-order valence-corrected chi connectivity index (χ0v) is 17.5. The van der Waals surface area contributed by atoms with Gasteiger partial charge in [-0.15, -0.1) is 0 Å². The van der Waals surface area contributed by atoms with Crippen LogP contribution in [0.3, 0.4) is 0 Å². The van der Waals surface area contributed by atoms with Gasteiger partial charge in [0.15, 0.2) is 0 Å². The van der Waals surface area contributed by atoms with Crippen molar-refractivity contribution < 1.29 is 0 Å². The molecule has 6 nitrogen and oxygen atoms in total. The average molecular weight is 361 g/mol. The van der Waals surface area contributed by atoms with E-state index in [1.165, 1.54) is 45.4 Å². The maximum atomic E-state index is 4.35. The Bertz CT molecular complexity index is 260. The van der Waals surface area contributed by atoms with E-state index in [2.05, 4.69) is 65.5 Å².